The van der Waals surface area contributed by atoms with Gasteiger partial charge >= 0.3 is 0 Å². The molecule has 5 nitrogen and oxygen atoms in total. The molecule has 3 aromatic rings. The molecule has 0 unspecified atom stereocenters. The Balaban J connectivity index is 1.54. The number of fused-ring (bicyclic) bond motifs is 1. The van der Waals surface area contributed by atoms with E-state index >= 15 is 0 Å². The molecule has 0 saturated heterocycles. The van der Waals surface area contributed by atoms with Crippen molar-refractivity contribution in [3.05, 3.63) is 77.1 Å². The zero-order chi connectivity index (χ0) is 22.2. The number of hydrogen-bond acceptors (Lipinski definition) is 4. The molecule has 3 aromatic carbocycles. The first-order valence-corrected chi connectivity index (χ1v) is 10.1. The Morgan fingerprint density at radius 1 is 1.10 bits per heavy atom. The van der Waals surface area contributed by atoms with Gasteiger partial charge in [0.05, 0.1) is 16.2 Å². The van der Waals surface area contributed by atoms with Gasteiger partial charge < -0.3 is 14.6 Å². The fraction of sp³-hybridized carbons (Fsp3) is 0.208. The normalized spacial score (nSPS) is 13.6. The van der Waals surface area contributed by atoms with Gasteiger partial charge in [-0.3, -0.25) is 9.69 Å². The monoisotopic (exact) mass is 441 g/mol. The van der Waals surface area contributed by atoms with Crippen LogP contribution in [-0.2, 0) is 0 Å². The lowest BCUT2D eigenvalue weighted by atomic mass is 10.0. The number of halogens is 2. The zero-order valence-electron chi connectivity index (χ0n) is 17.1. The maximum absolute atomic E-state index is 13.3. The lowest BCUT2D eigenvalue weighted by Gasteiger charge is -2.29. The molecule has 4 rings (SSSR count). The molecule has 0 fully saturated rings. The van der Waals surface area contributed by atoms with Gasteiger partial charge in [0.15, 0.2) is 6.73 Å². The van der Waals surface area contributed by atoms with Crippen LogP contribution in [0.3, 0.4) is 0 Å². The average molecular weight is 442 g/mol. The molecule has 0 spiro atoms. The third-order valence-electron chi connectivity index (χ3n) is 4.79. The molecule has 0 aromatic heterocycles. The Kier molecular flexibility index (Phi) is 5.60. The highest BCUT2D eigenvalue weighted by molar-refractivity contribution is 6.33. The first kappa shape index (κ1) is 21.2. The zero-order valence-corrected chi connectivity index (χ0v) is 17.8. The highest BCUT2D eigenvalue weighted by Gasteiger charge is 2.27. The number of amides is 1. The van der Waals surface area contributed by atoms with E-state index in [1.165, 1.54) is 17.0 Å². The average Bonchev–Trinajstić information content (AvgIpc) is 2.72. The molecule has 160 valence electrons. The van der Waals surface area contributed by atoms with Crippen molar-refractivity contribution in [3.63, 3.8) is 0 Å². The number of anilines is 1. The maximum atomic E-state index is 13.3. The summed E-state index contributed by atoms with van der Waals surface area (Å²) in [6.07, 6.45) is 0. The molecular weight excluding hydrogens is 421 g/mol. The largest absolute Gasteiger partial charge is 0.491 e. The highest BCUT2D eigenvalue weighted by atomic mass is 35.5. The molecule has 1 aliphatic rings. The molecule has 0 aliphatic carbocycles. The van der Waals surface area contributed by atoms with E-state index in [0.717, 1.165) is 5.56 Å². The summed E-state index contributed by atoms with van der Waals surface area (Å²) in [6, 6.07) is 16.4. The number of carbonyl (C=O) groups excluding carboxylic acids is 1. The van der Waals surface area contributed by atoms with Crippen molar-refractivity contribution in [1.82, 2.24) is 0 Å². The molecule has 0 atom stereocenters. The molecule has 1 amide bonds. The van der Waals surface area contributed by atoms with E-state index in [-0.39, 0.29) is 24.3 Å². The highest BCUT2D eigenvalue weighted by Crippen LogP contribution is 2.35. The Labute approximate surface area is 184 Å². The Bertz CT molecular complexity index is 1130. The Morgan fingerprint density at radius 3 is 2.48 bits per heavy atom. The molecule has 7 heteroatoms. The van der Waals surface area contributed by atoms with Crippen LogP contribution >= 0.6 is 11.6 Å². The van der Waals surface area contributed by atoms with Crippen molar-refractivity contribution >= 4 is 23.2 Å². The first-order valence-electron chi connectivity index (χ1n) is 9.71. The summed E-state index contributed by atoms with van der Waals surface area (Å²) in [7, 11) is 0. The summed E-state index contributed by atoms with van der Waals surface area (Å²) < 4.78 is 24.7. The van der Waals surface area contributed by atoms with E-state index < -0.39 is 11.4 Å². The summed E-state index contributed by atoms with van der Waals surface area (Å²) in [5.41, 5.74) is 1.55. The van der Waals surface area contributed by atoms with Crippen LogP contribution in [-0.4, -0.2) is 30.0 Å². The molecule has 1 heterocycles. The lowest BCUT2D eigenvalue weighted by Crippen LogP contribution is -2.38. The number of nitrogens with zero attached hydrogens (tertiary/aromatic N) is 1. The minimum Gasteiger partial charge on any atom is -0.491 e. The molecule has 31 heavy (non-hydrogen) atoms. The third-order valence-corrected chi connectivity index (χ3v) is 5.10. The van der Waals surface area contributed by atoms with Gasteiger partial charge in [-0.05, 0) is 74.0 Å². The van der Waals surface area contributed by atoms with Crippen LogP contribution < -0.4 is 14.4 Å². The first-order chi connectivity index (χ1) is 14.7. The second-order valence-electron chi connectivity index (χ2n) is 7.94. The quantitative estimate of drug-likeness (QED) is 0.584. The number of hydrogen-bond donors (Lipinski definition) is 1. The SMILES string of the molecule is CC(C)(O)COc1ccc(N2COc3cc(-c4ccc(F)cc4Cl)ccc3C2=O)cc1. The van der Waals surface area contributed by atoms with Crippen molar-refractivity contribution in [2.75, 3.05) is 18.2 Å². The van der Waals surface area contributed by atoms with Crippen LogP contribution in [0, 0.1) is 5.82 Å². The van der Waals surface area contributed by atoms with Gasteiger partial charge in [-0.1, -0.05) is 17.7 Å². The van der Waals surface area contributed by atoms with E-state index in [9.17, 15) is 14.3 Å². The van der Waals surface area contributed by atoms with Crippen molar-refractivity contribution in [2.24, 2.45) is 0 Å². The smallest absolute Gasteiger partial charge is 0.264 e. The topological polar surface area (TPSA) is 59.0 Å². The molecule has 0 radical (unpaired) electrons. The minimum absolute atomic E-state index is 0.0519. The van der Waals surface area contributed by atoms with Gasteiger partial charge in [-0.25, -0.2) is 4.39 Å². The number of aliphatic hydroxyl groups is 1. The van der Waals surface area contributed by atoms with Crippen LogP contribution in [0.1, 0.15) is 24.2 Å². The van der Waals surface area contributed by atoms with Crippen molar-refractivity contribution in [3.8, 4) is 22.6 Å². The van der Waals surface area contributed by atoms with Gasteiger partial charge in [0, 0.05) is 11.3 Å². The number of ether oxygens (including phenoxy) is 2. The second-order valence-corrected chi connectivity index (χ2v) is 8.34. The fourth-order valence-corrected chi connectivity index (χ4v) is 3.50. The van der Waals surface area contributed by atoms with Gasteiger partial charge in [0.25, 0.3) is 5.91 Å². The Morgan fingerprint density at radius 2 is 1.81 bits per heavy atom. The Hall–Kier alpha value is -3.09. The van der Waals surface area contributed by atoms with Crippen LogP contribution in [0.25, 0.3) is 11.1 Å². The maximum Gasteiger partial charge on any atom is 0.264 e. The molecule has 1 aliphatic heterocycles. The third kappa shape index (κ3) is 4.65. The standard InChI is InChI=1S/C24H21ClFNO4/c1-24(2,29)13-30-18-7-5-17(6-8-18)27-14-31-22-11-15(3-9-20(22)23(27)28)19-10-4-16(26)12-21(19)25/h3-12,29H,13-14H2,1-2H3. The predicted molar refractivity (Wildman–Crippen MR) is 117 cm³/mol. The molecule has 1 N–H and O–H groups in total. The predicted octanol–water partition coefficient (Wildman–Crippen LogP) is 5.29. The van der Waals surface area contributed by atoms with E-state index in [2.05, 4.69) is 0 Å². The summed E-state index contributed by atoms with van der Waals surface area (Å²) in [5, 5.41) is 10.1. The van der Waals surface area contributed by atoms with E-state index in [0.29, 0.717) is 28.3 Å². The summed E-state index contributed by atoms with van der Waals surface area (Å²) in [4.78, 5) is 14.5. The lowest BCUT2D eigenvalue weighted by molar-refractivity contribution is 0.0285. The summed E-state index contributed by atoms with van der Waals surface area (Å²) in [6.45, 7) is 3.54. The van der Waals surface area contributed by atoms with E-state index in [1.54, 1.807) is 62.4 Å². The fourth-order valence-electron chi connectivity index (χ4n) is 3.22. The summed E-state index contributed by atoms with van der Waals surface area (Å²) >= 11 is 6.16. The molecular formula is C24H21ClFNO4. The van der Waals surface area contributed by atoms with Crippen LogP contribution in [0.5, 0.6) is 11.5 Å². The van der Waals surface area contributed by atoms with Crippen molar-refractivity contribution in [1.29, 1.82) is 0 Å². The van der Waals surface area contributed by atoms with Crippen LogP contribution in [0.4, 0.5) is 10.1 Å². The van der Waals surface area contributed by atoms with Gasteiger partial charge in [-0.15, -0.1) is 0 Å². The number of carbonyl (C=O) groups is 1. The van der Waals surface area contributed by atoms with Gasteiger partial charge in [0.2, 0.25) is 0 Å². The van der Waals surface area contributed by atoms with Crippen molar-refractivity contribution < 1.29 is 23.8 Å². The van der Waals surface area contributed by atoms with Gasteiger partial charge in [0.1, 0.15) is 23.9 Å². The summed E-state index contributed by atoms with van der Waals surface area (Å²) in [5.74, 6) is 0.440. The molecule has 0 bridgehead atoms. The van der Waals surface area contributed by atoms with Crippen LogP contribution in [0.15, 0.2) is 60.7 Å². The van der Waals surface area contributed by atoms with E-state index in [4.69, 9.17) is 21.1 Å². The van der Waals surface area contributed by atoms with Crippen LogP contribution in [0.2, 0.25) is 5.02 Å². The van der Waals surface area contributed by atoms with Gasteiger partial charge in [-0.2, -0.15) is 0 Å². The molecule has 0 saturated carbocycles. The minimum atomic E-state index is -0.934. The van der Waals surface area contributed by atoms with E-state index in [1.807, 2.05) is 0 Å². The number of benzene rings is 3. The second kappa shape index (κ2) is 8.21. The number of rotatable bonds is 5. The van der Waals surface area contributed by atoms with Crippen molar-refractivity contribution in [2.45, 2.75) is 19.4 Å².